The van der Waals surface area contributed by atoms with Gasteiger partial charge in [-0.15, -0.1) is 0 Å². The number of halogens is 4. The summed E-state index contributed by atoms with van der Waals surface area (Å²) in [7, 11) is -4.57. The Kier molecular flexibility index (Phi) is 3.73. The molecule has 0 saturated heterocycles. The van der Waals surface area contributed by atoms with Crippen LogP contribution in [0, 0.1) is 23.3 Å². The van der Waals surface area contributed by atoms with Crippen LogP contribution >= 0.6 is 0 Å². The minimum atomic E-state index is -4.57. The SMILES string of the molecule is Nc1ccncc1S(=O)(=O)Nc1c(F)c(F)cc(F)c1F. The van der Waals surface area contributed by atoms with Gasteiger partial charge in [0, 0.05) is 18.5 Å². The number of nitrogens with one attached hydrogen (secondary N) is 1. The molecule has 0 saturated carbocycles. The third-order valence-electron chi connectivity index (χ3n) is 2.45. The van der Waals surface area contributed by atoms with E-state index in [4.69, 9.17) is 5.73 Å². The van der Waals surface area contributed by atoms with Crippen molar-refractivity contribution >= 4 is 21.4 Å². The molecule has 21 heavy (non-hydrogen) atoms. The Morgan fingerprint density at radius 3 is 2.19 bits per heavy atom. The van der Waals surface area contributed by atoms with Crippen molar-refractivity contribution in [2.75, 3.05) is 10.5 Å². The highest BCUT2D eigenvalue weighted by Gasteiger charge is 2.25. The first kappa shape index (κ1) is 15.0. The summed E-state index contributed by atoms with van der Waals surface area (Å²) in [4.78, 5) is 2.91. The van der Waals surface area contributed by atoms with Crippen LogP contribution < -0.4 is 10.5 Å². The number of anilines is 2. The molecule has 5 nitrogen and oxygen atoms in total. The van der Waals surface area contributed by atoms with E-state index in [1.54, 1.807) is 0 Å². The molecule has 2 rings (SSSR count). The Labute approximate surface area is 116 Å². The highest BCUT2D eigenvalue weighted by atomic mass is 32.2. The zero-order valence-electron chi connectivity index (χ0n) is 10.1. The molecule has 0 aliphatic rings. The van der Waals surface area contributed by atoms with Gasteiger partial charge in [-0.1, -0.05) is 0 Å². The number of sulfonamides is 1. The molecule has 1 heterocycles. The maximum absolute atomic E-state index is 13.4. The van der Waals surface area contributed by atoms with E-state index >= 15 is 0 Å². The van der Waals surface area contributed by atoms with E-state index in [1.165, 1.54) is 10.9 Å². The van der Waals surface area contributed by atoms with Crippen LogP contribution in [0.5, 0.6) is 0 Å². The first-order valence-electron chi connectivity index (χ1n) is 5.29. The summed E-state index contributed by atoms with van der Waals surface area (Å²) in [5.74, 6) is -7.24. The van der Waals surface area contributed by atoms with E-state index in [2.05, 4.69) is 4.98 Å². The molecule has 0 fully saturated rings. The van der Waals surface area contributed by atoms with E-state index in [-0.39, 0.29) is 11.8 Å². The normalized spacial score (nSPS) is 11.4. The van der Waals surface area contributed by atoms with Crippen LogP contribution in [-0.2, 0) is 10.0 Å². The number of nitrogens with zero attached hydrogens (tertiary/aromatic N) is 1. The summed E-state index contributed by atoms with van der Waals surface area (Å²) in [6.07, 6.45) is 2.01. The fourth-order valence-corrected chi connectivity index (χ4v) is 2.60. The Morgan fingerprint density at radius 2 is 1.67 bits per heavy atom. The predicted octanol–water partition coefficient (Wildman–Crippen LogP) is 2.02. The zero-order valence-corrected chi connectivity index (χ0v) is 10.9. The molecule has 3 N–H and O–H groups in total. The molecular formula is C11H7F4N3O2S. The number of benzene rings is 1. The predicted molar refractivity (Wildman–Crippen MR) is 65.7 cm³/mol. The van der Waals surface area contributed by atoms with Crippen molar-refractivity contribution in [2.45, 2.75) is 4.90 Å². The van der Waals surface area contributed by atoms with Crippen molar-refractivity contribution in [1.29, 1.82) is 0 Å². The number of hydrogen-bond donors (Lipinski definition) is 2. The molecule has 112 valence electrons. The third-order valence-corrected chi connectivity index (χ3v) is 3.85. The van der Waals surface area contributed by atoms with Crippen molar-refractivity contribution in [1.82, 2.24) is 4.98 Å². The number of aromatic nitrogens is 1. The summed E-state index contributed by atoms with van der Waals surface area (Å²) < 4.78 is 78.2. The summed E-state index contributed by atoms with van der Waals surface area (Å²) in [5, 5.41) is 0. The second-order valence-corrected chi connectivity index (χ2v) is 5.51. The van der Waals surface area contributed by atoms with Crippen molar-refractivity contribution < 1.29 is 26.0 Å². The summed E-state index contributed by atoms with van der Waals surface area (Å²) in [5.41, 5.74) is 3.67. The maximum atomic E-state index is 13.4. The average Bonchev–Trinajstić information content (AvgIpc) is 2.42. The minimum Gasteiger partial charge on any atom is -0.398 e. The third kappa shape index (κ3) is 2.75. The van der Waals surface area contributed by atoms with E-state index in [9.17, 15) is 26.0 Å². The van der Waals surface area contributed by atoms with Gasteiger partial charge in [0.2, 0.25) is 0 Å². The number of hydrogen-bond acceptors (Lipinski definition) is 4. The van der Waals surface area contributed by atoms with Crippen LogP contribution in [0.15, 0.2) is 29.4 Å². The van der Waals surface area contributed by atoms with Crippen LogP contribution in [0.2, 0.25) is 0 Å². The second-order valence-electron chi connectivity index (χ2n) is 3.86. The first-order chi connectivity index (χ1) is 9.74. The zero-order chi connectivity index (χ0) is 15.8. The topological polar surface area (TPSA) is 85.1 Å². The van der Waals surface area contributed by atoms with Crippen LogP contribution in [0.3, 0.4) is 0 Å². The molecule has 2 aromatic rings. The molecule has 0 amide bonds. The fourth-order valence-electron chi connectivity index (χ4n) is 1.47. The van der Waals surface area contributed by atoms with Crippen LogP contribution in [0.25, 0.3) is 0 Å². The van der Waals surface area contributed by atoms with Crippen LogP contribution in [-0.4, -0.2) is 13.4 Å². The number of pyridine rings is 1. The van der Waals surface area contributed by atoms with Gasteiger partial charge in [-0.05, 0) is 6.07 Å². The van der Waals surface area contributed by atoms with Crippen LogP contribution in [0.1, 0.15) is 0 Å². The second kappa shape index (κ2) is 5.20. The Hall–Kier alpha value is -2.36. The van der Waals surface area contributed by atoms with Gasteiger partial charge in [-0.2, -0.15) is 0 Å². The smallest absolute Gasteiger partial charge is 0.265 e. The maximum Gasteiger partial charge on any atom is 0.265 e. The number of nitrogens with two attached hydrogens (primary N) is 1. The fraction of sp³-hybridized carbons (Fsp3) is 0. The minimum absolute atomic E-state index is 0.0408. The van der Waals surface area contributed by atoms with Gasteiger partial charge in [-0.3, -0.25) is 9.71 Å². The van der Waals surface area contributed by atoms with Crippen molar-refractivity contribution in [2.24, 2.45) is 0 Å². The summed E-state index contributed by atoms with van der Waals surface area (Å²) >= 11 is 0. The van der Waals surface area contributed by atoms with Gasteiger partial charge in [0.1, 0.15) is 10.6 Å². The summed E-state index contributed by atoms with van der Waals surface area (Å²) in [6, 6.07) is 1.09. The lowest BCUT2D eigenvalue weighted by Gasteiger charge is -2.11. The lowest BCUT2D eigenvalue weighted by molar-refractivity contribution is 0.459. The van der Waals surface area contributed by atoms with Gasteiger partial charge in [0.15, 0.2) is 23.3 Å². The Bertz CT molecular complexity index is 785. The van der Waals surface area contributed by atoms with E-state index in [1.807, 2.05) is 0 Å². The van der Waals surface area contributed by atoms with Gasteiger partial charge in [-0.25, -0.2) is 26.0 Å². The highest BCUT2D eigenvalue weighted by Crippen LogP contribution is 2.27. The quantitative estimate of drug-likeness (QED) is 0.669. The standard InChI is InChI=1S/C11H7F4N3O2S/c12-5-3-6(13)10(15)11(9(5)14)18-21(19,20)8-4-17-2-1-7(8)16/h1-4,18H,(H2,16,17). The summed E-state index contributed by atoms with van der Waals surface area (Å²) in [6.45, 7) is 0. The molecule has 10 heteroatoms. The van der Waals surface area contributed by atoms with Gasteiger partial charge in [0.25, 0.3) is 10.0 Å². The molecule has 0 spiro atoms. The van der Waals surface area contributed by atoms with Gasteiger partial charge >= 0.3 is 0 Å². The molecule has 0 unspecified atom stereocenters. The van der Waals surface area contributed by atoms with Gasteiger partial charge < -0.3 is 5.73 Å². The lowest BCUT2D eigenvalue weighted by Crippen LogP contribution is -2.18. The van der Waals surface area contributed by atoms with E-state index in [0.29, 0.717) is 0 Å². The Balaban J connectivity index is 2.55. The van der Waals surface area contributed by atoms with Crippen molar-refractivity contribution in [3.63, 3.8) is 0 Å². The highest BCUT2D eigenvalue weighted by molar-refractivity contribution is 7.92. The lowest BCUT2D eigenvalue weighted by atomic mass is 10.3. The molecule has 1 aromatic carbocycles. The monoisotopic (exact) mass is 321 g/mol. The van der Waals surface area contributed by atoms with E-state index in [0.717, 1.165) is 12.3 Å². The largest absolute Gasteiger partial charge is 0.398 e. The molecule has 0 bridgehead atoms. The molecule has 0 aliphatic carbocycles. The molecule has 0 radical (unpaired) electrons. The molecule has 1 aromatic heterocycles. The number of rotatable bonds is 3. The Morgan fingerprint density at radius 1 is 1.10 bits per heavy atom. The number of nitrogen functional groups attached to an aromatic ring is 1. The molecular weight excluding hydrogens is 314 g/mol. The van der Waals surface area contributed by atoms with Gasteiger partial charge in [0.05, 0.1) is 5.69 Å². The average molecular weight is 321 g/mol. The van der Waals surface area contributed by atoms with E-state index < -0.39 is 43.9 Å². The molecule has 0 atom stereocenters. The van der Waals surface area contributed by atoms with Crippen LogP contribution in [0.4, 0.5) is 28.9 Å². The van der Waals surface area contributed by atoms with Crippen molar-refractivity contribution in [3.8, 4) is 0 Å². The molecule has 0 aliphatic heterocycles. The first-order valence-corrected chi connectivity index (χ1v) is 6.77. The van der Waals surface area contributed by atoms with Crippen molar-refractivity contribution in [3.05, 3.63) is 47.8 Å².